The lowest BCUT2D eigenvalue weighted by atomic mass is 10.1. The summed E-state index contributed by atoms with van der Waals surface area (Å²) in [5.74, 6) is 1.12. The highest BCUT2D eigenvalue weighted by atomic mass is 16.3. The molecule has 104 valence electrons. The van der Waals surface area contributed by atoms with E-state index in [1.165, 1.54) is 25.7 Å². The molecule has 0 atom stereocenters. The molecule has 0 heterocycles. The molecule has 0 saturated heterocycles. The van der Waals surface area contributed by atoms with Gasteiger partial charge < -0.3 is 10.0 Å². The largest absolute Gasteiger partial charge is 0.508 e. The minimum absolute atomic E-state index is 0.0414. The number of carbonyl (C=O) groups excluding carboxylic acids is 1. The normalized spacial score (nSPS) is 16.2. The van der Waals surface area contributed by atoms with Crippen LogP contribution < -0.4 is 0 Å². The first kappa shape index (κ1) is 14.1. The second kappa shape index (κ2) is 6.20. The van der Waals surface area contributed by atoms with E-state index in [0.29, 0.717) is 12.1 Å². The molecule has 0 radical (unpaired) electrons. The van der Waals surface area contributed by atoms with Crippen molar-refractivity contribution in [2.75, 3.05) is 13.6 Å². The lowest BCUT2D eigenvalue weighted by Crippen LogP contribution is -2.24. The Morgan fingerprint density at radius 3 is 2.68 bits per heavy atom. The van der Waals surface area contributed by atoms with Crippen LogP contribution in [-0.4, -0.2) is 29.4 Å². The molecule has 0 amide bonds. The Morgan fingerprint density at radius 1 is 1.37 bits per heavy atom. The molecule has 2 rings (SSSR count). The van der Waals surface area contributed by atoms with E-state index in [9.17, 15) is 9.90 Å². The van der Waals surface area contributed by atoms with E-state index in [0.717, 1.165) is 18.0 Å². The molecular formula is C16H23NO2. The number of phenols is 1. The Morgan fingerprint density at radius 2 is 2.05 bits per heavy atom. The Bertz CT molecular complexity index is 450. The molecule has 0 bridgehead atoms. The van der Waals surface area contributed by atoms with Crippen LogP contribution in [0.5, 0.6) is 5.75 Å². The van der Waals surface area contributed by atoms with Crippen LogP contribution in [-0.2, 0) is 6.54 Å². The molecule has 3 nitrogen and oxygen atoms in total. The summed E-state index contributed by atoms with van der Waals surface area (Å²) in [7, 11) is 2.08. The minimum atomic E-state index is 0.0414. The van der Waals surface area contributed by atoms with Gasteiger partial charge in [-0.05, 0) is 50.9 Å². The SMILES string of the molecule is CC(=O)c1ccc(O)c(CN(C)CC2CCCC2)c1. The number of Topliss-reactive ketones (excluding diaryl/α,β-unsaturated/α-hetero) is 1. The van der Waals surface area contributed by atoms with Gasteiger partial charge in [0.2, 0.25) is 0 Å². The topological polar surface area (TPSA) is 40.5 Å². The van der Waals surface area contributed by atoms with Crippen LogP contribution in [0.25, 0.3) is 0 Å². The summed E-state index contributed by atoms with van der Waals surface area (Å²) in [6.45, 7) is 3.32. The summed E-state index contributed by atoms with van der Waals surface area (Å²) in [5, 5.41) is 9.89. The van der Waals surface area contributed by atoms with Gasteiger partial charge in [-0.15, -0.1) is 0 Å². The average molecular weight is 261 g/mol. The van der Waals surface area contributed by atoms with Crippen molar-refractivity contribution in [2.24, 2.45) is 5.92 Å². The van der Waals surface area contributed by atoms with Gasteiger partial charge in [0, 0.05) is 24.2 Å². The van der Waals surface area contributed by atoms with Gasteiger partial charge in [0.15, 0.2) is 5.78 Å². The van der Waals surface area contributed by atoms with Gasteiger partial charge in [-0.25, -0.2) is 0 Å². The highest BCUT2D eigenvalue weighted by Crippen LogP contribution is 2.26. The molecule has 0 spiro atoms. The number of benzene rings is 1. The van der Waals surface area contributed by atoms with Crippen LogP contribution in [0, 0.1) is 5.92 Å². The van der Waals surface area contributed by atoms with Gasteiger partial charge in [-0.2, -0.15) is 0 Å². The van der Waals surface area contributed by atoms with Crippen molar-refractivity contribution in [3.05, 3.63) is 29.3 Å². The van der Waals surface area contributed by atoms with Crippen LogP contribution in [0.15, 0.2) is 18.2 Å². The molecule has 19 heavy (non-hydrogen) atoms. The zero-order chi connectivity index (χ0) is 13.8. The number of hydrogen-bond acceptors (Lipinski definition) is 3. The van der Waals surface area contributed by atoms with Crippen molar-refractivity contribution < 1.29 is 9.90 Å². The van der Waals surface area contributed by atoms with Crippen LogP contribution in [0.3, 0.4) is 0 Å². The van der Waals surface area contributed by atoms with Crippen LogP contribution in [0.4, 0.5) is 0 Å². The lowest BCUT2D eigenvalue weighted by Gasteiger charge is -2.21. The lowest BCUT2D eigenvalue weighted by molar-refractivity contribution is 0.101. The maximum Gasteiger partial charge on any atom is 0.159 e. The molecule has 1 saturated carbocycles. The fourth-order valence-electron chi connectivity index (χ4n) is 2.92. The van der Waals surface area contributed by atoms with E-state index in [1.54, 1.807) is 19.1 Å². The van der Waals surface area contributed by atoms with Crippen molar-refractivity contribution in [3.8, 4) is 5.75 Å². The standard InChI is InChI=1S/C16H23NO2/c1-12(18)14-7-8-16(19)15(9-14)11-17(2)10-13-5-3-4-6-13/h7-9,13,19H,3-6,10-11H2,1-2H3. The predicted octanol–water partition coefficient (Wildman–Crippen LogP) is 3.22. The van der Waals surface area contributed by atoms with E-state index in [4.69, 9.17) is 0 Å². The van der Waals surface area contributed by atoms with E-state index in [2.05, 4.69) is 11.9 Å². The molecule has 1 aliphatic carbocycles. The van der Waals surface area contributed by atoms with Gasteiger partial charge >= 0.3 is 0 Å². The Labute approximate surface area is 115 Å². The smallest absolute Gasteiger partial charge is 0.159 e. The summed E-state index contributed by atoms with van der Waals surface area (Å²) in [4.78, 5) is 13.6. The molecular weight excluding hydrogens is 238 g/mol. The summed E-state index contributed by atoms with van der Waals surface area (Å²) in [5.41, 5.74) is 1.51. The van der Waals surface area contributed by atoms with Crippen molar-refractivity contribution in [3.63, 3.8) is 0 Å². The molecule has 3 heteroatoms. The zero-order valence-electron chi connectivity index (χ0n) is 11.9. The molecule has 1 aromatic rings. The van der Waals surface area contributed by atoms with Gasteiger partial charge in [-0.1, -0.05) is 12.8 Å². The van der Waals surface area contributed by atoms with E-state index >= 15 is 0 Å². The highest BCUT2D eigenvalue weighted by Gasteiger charge is 2.17. The molecule has 0 aliphatic heterocycles. The Kier molecular flexibility index (Phi) is 4.59. The fourth-order valence-corrected chi connectivity index (χ4v) is 2.92. The number of hydrogen-bond donors (Lipinski definition) is 1. The first-order valence-electron chi connectivity index (χ1n) is 7.07. The van der Waals surface area contributed by atoms with Crippen LogP contribution in [0.1, 0.15) is 48.5 Å². The Hall–Kier alpha value is -1.35. The third kappa shape index (κ3) is 3.80. The third-order valence-electron chi connectivity index (χ3n) is 3.97. The number of aromatic hydroxyl groups is 1. The van der Waals surface area contributed by atoms with Crippen molar-refractivity contribution in [2.45, 2.75) is 39.2 Å². The number of nitrogens with zero attached hydrogens (tertiary/aromatic N) is 1. The minimum Gasteiger partial charge on any atom is -0.508 e. The van der Waals surface area contributed by atoms with Gasteiger partial charge in [0.05, 0.1) is 0 Å². The van der Waals surface area contributed by atoms with Crippen molar-refractivity contribution in [1.29, 1.82) is 0 Å². The third-order valence-corrected chi connectivity index (χ3v) is 3.97. The first-order chi connectivity index (χ1) is 9.06. The monoisotopic (exact) mass is 261 g/mol. The van der Waals surface area contributed by atoms with Gasteiger partial charge in [-0.3, -0.25) is 4.79 Å². The molecule has 1 aromatic carbocycles. The van der Waals surface area contributed by atoms with E-state index < -0.39 is 0 Å². The second-order valence-corrected chi connectivity index (χ2v) is 5.75. The number of rotatable bonds is 5. The molecule has 1 aliphatic rings. The summed E-state index contributed by atoms with van der Waals surface area (Å²) < 4.78 is 0. The maximum atomic E-state index is 11.4. The molecule has 1 N–H and O–H groups in total. The van der Waals surface area contributed by atoms with E-state index in [-0.39, 0.29) is 11.5 Å². The summed E-state index contributed by atoms with van der Waals surface area (Å²) >= 11 is 0. The fraction of sp³-hybridized carbons (Fsp3) is 0.562. The highest BCUT2D eigenvalue weighted by molar-refractivity contribution is 5.94. The number of phenolic OH excluding ortho intramolecular Hbond substituents is 1. The van der Waals surface area contributed by atoms with Gasteiger partial charge in [0.1, 0.15) is 5.75 Å². The average Bonchev–Trinajstić information content (AvgIpc) is 2.84. The van der Waals surface area contributed by atoms with Crippen molar-refractivity contribution in [1.82, 2.24) is 4.90 Å². The number of ketones is 1. The molecule has 0 unspecified atom stereocenters. The molecule has 0 aromatic heterocycles. The maximum absolute atomic E-state index is 11.4. The Balaban J connectivity index is 2.00. The van der Waals surface area contributed by atoms with Crippen LogP contribution in [0.2, 0.25) is 0 Å². The summed E-state index contributed by atoms with van der Waals surface area (Å²) in [6.07, 6.45) is 5.35. The van der Waals surface area contributed by atoms with E-state index in [1.807, 2.05) is 6.07 Å². The van der Waals surface area contributed by atoms with Gasteiger partial charge in [0.25, 0.3) is 0 Å². The number of carbonyl (C=O) groups is 1. The predicted molar refractivity (Wildman–Crippen MR) is 76.4 cm³/mol. The first-order valence-corrected chi connectivity index (χ1v) is 7.07. The quantitative estimate of drug-likeness (QED) is 0.827. The van der Waals surface area contributed by atoms with Crippen molar-refractivity contribution >= 4 is 5.78 Å². The zero-order valence-corrected chi connectivity index (χ0v) is 11.9. The summed E-state index contributed by atoms with van der Waals surface area (Å²) in [6, 6.07) is 5.11. The second-order valence-electron chi connectivity index (χ2n) is 5.75. The molecule has 1 fully saturated rings. The van der Waals surface area contributed by atoms with Crippen LogP contribution >= 0.6 is 0 Å².